The normalized spacial score (nSPS) is 11.9. The van der Waals surface area contributed by atoms with E-state index in [-0.39, 0.29) is 11.8 Å². The van der Waals surface area contributed by atoms with E-state index in [1.165, 1.54) is 11.3 Å². The topological polar surface area (TPSA) is 58.2 Å². The lowest BCUT2D eigenvalue weighted by Gasteiger charge is -2.07. The van der Waals surface area contributed by atoms with Crippen molar-refractivity contribution in [3.8, 4) is 0 Å². The molecule has 0 bridgehead atoms. The Morgan fingerprint density at radius 2 is 2.12 bits per heavy atom. The Kier molecular flexibility index (Phi) is 5.28. The van der Waals surface area contributed by atoms with Crippen molar-refractivity contribution in [3.63, 3.8) is 0 Å². The van der Waals surface area contributed by atoms with E-state index < -0.39 is 5.38 Å². The number of carbonyl (C=O) groups is 2. The Balaban J connectivity index is 2.17. The van der Waals surface area contributed by atoms with Crippen molar-refractivity contribution in [2.45, 2.75) is 12.3 Å². The molecule has 0 radical (unpaired) electrons. The Bertz CT molecular complexity index is 352. The minimum atomic E-state index is -0.548. The molecule has 1 rings (SSSR count). The second-order valence-electron chi connectivity index (χ2n) is 3.14. The van der Waals surface area contributed by atoms with Gasteiger partial charge in [0.25, 0.3) is 5.91 Å². The third kappa shape index (κ3) is 4.20. The minimum absolute atomic E-state index is 0.122. The standard InChI is InChI=1S/C10H13ClN2O2S/c1-7(11)9(14)12-4-5-13-10(15)8-3-2-6-16-8/h2-3,6-7H,4-5H2,1H3,(H,12,14)(H,13,15). The lowest BCUT2D eigenvalue weighted by atomic mass is 10.4. The molecule has 2 amide bonds. The van der Waals surface area contributed by atoms with Crippen molar-refractivity contribution in [2.24, 2.45) is 0 Å². The average molecular weight is 261 g/mol. The fourth-order valence-corrected chi connectivity index (χ4v) is 1.71. The van der Waals surface area contributed by atoms with Crippen LogP contribution in [0.2, 0.25) is 0 Å². The minimum Gasteiger partial charge on any atom is -0.353 e. The van der Waals surface area contributed by atoms with E-state index in [1.54, 1.807) is 13.0 Å². The molecule has 0 aliphatic rings. The fraction of sp³-hybridized carbons (Fsp3) is 0.400. The largest absolute Gasteiger partial charge is 0.353 e. The molecule has 1 heterocycles. The summed E-state index contributed by atoms with van der Waals surface area (Å²) >= 11 is 6.93. The summed E-state index contributed by atoms with van der Waals surface area (Å²) in [4.78, 5) is 23.2. The zero-order chi connectivity index (χ0) is 12.0. The van der Waals surface area contributed by atoms with Crippen molar-refractivity contribution in [1.29, 1.82) is 0 Å². The maximum absolute atomic E-state index is 11.4. The first-order chi connectivity index (χ1) is 7.61. The first kappa shape index (κ1) is 13.0. The van der Waals surface area contributed by atoms with Crippen molar-refractivity contribution in [1.82, 2.24) is 10.6 Å². The van der Waals surface area contributed by atoms with Crippen molar-refractivity contribution in [3.05, 3.63) is 22.4 Å². The molecule has 4 nitrogen and oxygen atoms in total. The van der Waals surface area contributed by atoms with Gasteiger partial charge in [-0.3, -0.25) is 9.59 Å². The third-order valence-corrected chi connectivity index (χ3v) is 2.88. The summed E-state index contributed by atoms with van der Waals surface area (Å²) in [5.41, 5.74) is 0. The van der Waals surface area contributed by atoms with Crippen LogP contribution >= 0.6 is 22.9 Å². The first-order valence-corrected chi connectivity index (χ1v) is 6.16. The molecule has 88 valence electrons. The Labute approximate surface area is 103 Å². The summed E-state index contributed by atoms with van der Waals surface area (Å²) in [6.45, 7) is 2.38. The molecule has 0 aliphatic carbocycles. The number of hydrogen-bond acceptors (Lipinski definition) is 3. The predicted octanol–water partition coefficient (Wildman–Crippen LogP) is 1.22. The SMILES string of the molecule is CC(Cl)C(=O)NCCNC(=O)c1cccs1. The van der Waals surface area contributed by atoms with Crippen LogP contribution in [0, 0.1) is 0 Å². The number of halogens is 1. The van der Waals surface area contributed by atoms with Crippen LogP contribution in [0.3, 0.4) is 0 Å². The summed E-state index contributed by atoms with van der Waals surface area (Å²) in [5, 5.41) is 6.58. The van der Waals surface area contributed by atoms with Crippen LogP contribution in [0.25, 0.3) is 0 Å². The van der Waals surface area contributed by atoms with Gasteiger partial charge in [0.05, 0.1) is 4.88 Å². The summed E-state index contributed by atoms with van der Waals surface area (Å²) in [6.07, 6.45) is 0. The molecule has 0 aliphatic heterocycles. The van der Waals surface area contributed by atoms with Gasteiger partial charge in [0.1, 0.15) is 5.38 Å². The van der Waals surface area contributed by atoms with Gasteiger partial charge in [-0.25, -0.2) is 0 Å². The van der Waals surface area contributed by atoms with E-state index in [4.69, 9.17) is 11.6 Å². The van der Waals surface area contributed by atoms with Gasteiger partial charge in [0, 0.05) is 13.1 Å². The van der Waals surface area contributed by atoms with Gasteiger partial charge in [0.15, 0.2) is 0 Å². The molecular formula is C10H13ClN2O2S. The smallest absolute Gasteiger partial charge is 0.261 e. The maximum atomic E-state index is 11.4. The highest BCUT2D eigenvalue weighted by molar-refractivity contribution is 7.12. The van der Waals surface area contributed by atoms with Gasteiger partial charge in [0.2, 0.25) is 5.91 Å². The van der Waals surface area contributed by atoms with E-state index in [1.807, 2.05) is 11.4 Å². The van der Waals surface area contributed by atoms with Crippen LogP contribution in [0.5, 0.6) is 0 Å². The molecule has 1 aromatic heterocycles. The number of amides is 2. The number of alkyl halides is 1. The van der Waals surface area contributed by atoms with Gasteiger partial charge in [-0.05, 0) is 18.4 Å². The molecule has 0 saturated heterocycles. The summed E-state index contributed by atoms with van der Waals surface area (Å²) in [7, 11) is 0. The van der Waals surface area contributed by atoms with Crippen LogP contribution in [0.15, 0.2) is 17.5 Å². The second kappa shape index (κ2) is 6.50. The number of nitrogens with one attached hydrogen (secondary N) is 2. The fourth-order valence-electron chi connectivity index (χ4n) is 0.997. The van der Waals surface area contributed by atoms with Crippen molar-refractivity contribution in [2.75, 3.05) is 13.1 Å². The summed E-state index contributed by atoms with van der Waals surface area (Å²) in [6, 6.07) is 3.57. The monoisotopic (exact) mass is 260 g/mol. The maximum Gasteiger partial charge on any atom is 0.261 e. The van der Waals surface area contributed by atoms with Gasteiger partial charge in [-0.1, -0.05) is 6.07 Å². The van der Waals surface area contributed by atoms with E-state index in [9.17, 15) is 9.59 Å². The average Bonchev–Trinajstić information content (AvgIpc) is 2.76. The number of hydrogen-bond donors (Lipinski definition) is 2. The summed E-state index contributed by atoms with van der Waals surface area (Å²) < 4.78 is 0. The van der Waals surface area contributed by atoms with E-state index in [2.05, 4.69) is 10.6 Å². The molecule has 1 atom stereocenters. The van der Waals surface area contributed by atoms with Crippen molar-refractivity contribution >= 4 is 34.8 Å². The number of carbonyl (C=O) groups excluding carboxylic acids is 2. The van der Waals surface area contributed by atoms with E-state index >= 15 is 0 Å². The Morgan fingerprint density at radius 3 is 2.69 bits per heavy atom. The second-order valence-corrected chi connectivity index (χ2v) is 4.74. The van der Waals surface area contributed by atoms with E-state index in [0.29, 0.717) is 18.0 Å². The third-order valence-electron chi connectivity index (χ3n) is 1.82. The quantitative estimate of drug-likeness (QED) is 0.618. The van der Waals surface area contributed by atoms with Gasteiger partial charge in [-0.2, -0.15) is 0 Å². The molecule has 0 spiro atoms. The number of thiophene rings is 1. The molecule has 16 heavy (non-hydrogen) atoms. The number of rotatable bonds is 5. The van der Waals surface area contributed by atoms with Crippen LogP contribution in [-0.2, 0) is 4.79 Å². The van der Waals surface area contributed by atoms with E-state index in [0.717, 1.165) is 0 Å². The first-order valence-electron chi connectivity index (χ1n) is 4.84. The van der Waals surface area contributed by atoms with Crippen LogP contribution < -0.4 is 10.6 Å². The highest BCUT2D eigenvalue weighted by atomic mass is 35.5. The summed E-state index contributed by atoms with van der Waals surface area (Å²) in [5.74, 6) is -0.352. The highest BCUT2D eigenvalue weighted by Gasteiger charge is 2.08. The molecule has 1 unspecified atom stereocenters. The Morgan fingerprint density at radius 1 is 1.44 bits per heavy atom. The molecule has 1 aromatic rings. The lowest BCUT2D eigenvalue weighted by molar-refractivity contribution is -0.120. The zero-order valence-corrected chi connectivity index (χ0v) is 10.4. The predicted molar refractivity (Wildman–Crippen MR) is 65.0 cm³/mol. The molecule has 2 N–H and O–H groups in total. The van der Waals surface area contributed by atoms with Gasteiger partial charge in [-0.15, -0.1) is 22.9 Å². The molecule has 0 saturated carbocycles. The molecule has 0 fully saturated rings. The zero-order valence-electron chi connectivity index (χ0n) is 8.83. The van der Waals surface area contributed by atoms with Crippen LogP contribution in [0.1, 0.15) is 16.6 Å². The highest BCUT2D eigenvalue weighted by Crippen LogP contribution is 2.07. The molecule has 6 heteroatoms. The van der Waals surface area contributed by atoms with Gasteiger partial charge >= 0.3 is 0 Å². The lowest BCUT2D eigenvalue weighted by Crippen LogP contribution is -2.37. The van der Waals surface area contributed by atoms with Gasteiger partial charge < -0.3 is 10.6 Å². The van der Waals surface area contributed by atoms with Crippen LogP contribution in [-0.4, -0.2) is 30.3 Å². The molecular weight excluding hydrogens is 248 g/mol. The molecule has 0 aromatic carbocycles. The van der Waals surface area contributed by atoms with Crippen molar-refractivity contribution < 1.29 is 9.59 Å². The Hall–Kier alpha value is -1.07. The van der Waals surface area contributed by atoms with Crippen LogP contribution in [0.4, 0.5) is 0 Å².